The van der Waals surface area contributed by atoms with Crippen LogP contribution in [0.25, 0.3) is 21.5 Å². The van der Waals surface area contributed by atoms with E-state index in [2.05, 4.69) is 49.5 Å². The molecule has 0 fully saturated rings. The Balaban J connectivity index is 0.000000306. The second kappa shape index (κ2) is 8.90. The average molecular weight is 366 g/mol. The summed E-state index contributed by atoms with van der Waals surface area (Å²) in [7, 11) is 0. The smallest absolute Gasteiger partial charge is 0.450 e. The minimum Gasteiger partial charge on any atom is -0.450 e. The van der Waals surface area contributed by atoms with E-state index in [1.807, 2.05) is 24.3 Å². The van der Waals surface area contributed by atoms with Crippen LogP contribution in [0, 0.1) is 0 Å². The van der Waals surface area contributed by atoms with Crippen molar-refractivity contribution >= 4 is 59.1 Å². The lowest BCUT2D eigenvalue weighted by atomic mass is 10.0. The Kier molecular flexibility index (Phi) is 7.22. The lowest BCUT2D eigenvalue weighted by Gasteiger charge is -2.09. The van der Waals surface area contributed by atoms with Gasteiger partial charge in [-0.05, 0) is 21.5 Å². The van der Waals surface area contributed by atoms with E-state index in [0.29, 0.717) is 0 Å². The van der Waals surface area contributed by atoms with Crippen LogP contribution in [-0.4, -0.2) is 32.7 Å². The van der Waals surface area contributed by atoms with Crippen LogP contribution in [0.1, 0.15) is 0 Å². The van der Waals surface area contributed by atoms with E-state index in [0.717, 1.165) is 31.3 Å². The molecule has 4 N–H and O–H groups in total. The number of carboxylic acid groups (broad SMARTS) is 4. The van der Waals surface area contributed by atoms with Crippen molar-refractivity contribution in [2.75, 3.05) is 0 Å². The van der Waals surface area contributed by atoms with E-state index in [1.54, 1.807) is 0 Å². The number of rotatable bonds is 0. The molecule has 0 saturated heterocycles. The standard InChI is InChI=1S/C14H10S2.2CH2O3/c15-13-9-5-1-2-6-10(9)14(16)12-8-4-3-7-11(12)13;2*2-1(3)4/h1-8,15-16H;2*(H2,2,3,4). The number of carbonyl (C=O) groups is 2. The summed E-state index contributed by atoms with van der Waals surface area (Å²) in [4.78, 5) is 19.2. The molecule has 3 aromatic rings. The van der Waals surface area contributed by atoms with Crippen molar-refractivity contribution in [3.05, 3.63) is 48.5 Å². The fourth-order valence-corrected chi connectivity index (χ4v) is 2.86. The van der Waals surface area contributed by atoms with Gasteiger partial charge in [-0.25, -0.2) is 9.59 Å². The predicted molar refractivity (Wildman–Crippen MR) is 97.3 cm³/mol. The van der Waals surface area contributed by atoms with E-state index < -0.39 is 12.3 Å². The molecule has 126 valence electrons. The first-order valence-corrected chi connectivity index (χ1v) is 7.30. The highest BCUT2D eigenvalue weighted by Gasteiger charge is 2.08. The molecule has 8 heteroatoms. The summed E-state index contributed by atoms with van der Waals surface area (Å²) in [5.41, 5.74) is 0. The minimum absolute atomic E-state index is 1.03. The summed E-state index contributed by atoms with van der Waals surface area (Å²) in [5, 5.41) is 32.5. The molecular weight excluding hydrogens is 352 g/mol. The molecule has 0 unspecified atom stereocenters. The van der Waals surface area contributed by atoms with Crippen molar-refractivity contribution in [2.24, 2.45) is 0 Å². The summed E-state index contributed by atoms with van der Waals surface area (Å²) in [5.74, 6) is 0. The van der Waals surface area contributed by atoms with Gasteiger partial charge >= 0.3 is 12.3 Å². The Morgan fingerprint density at radius 3 is 0.917 bits per heavy atom. The zero-order valence-electron chi connectivity index (χ0n) is 12.1. The van der Waals surface area contributed by atoms with Crippen molar-refractivity contribution in [1.82, 2.24) is 0 Å². The van der Waals surface area contributed by atoms with Crippen molar-refractivity contribution in [1.29, 1.82) is 0 Å². The van der Waals surface area contributed by atoms with E-state index >= 15 is 0 Å². The van der Waals surface area contributed by atoms with Crippen LogP contribution < -0.4 is 0 Å². The van der Waals surface area contributed by atoms with Crippen molar-refractivity contribution in [3.63, 3.8) is 0 Å². The van der Waals surface area contributed by atoms with Crippen LogP contribution in [-0.2, 0) is 0 Å². The van der Waals surface area contributed by atoms with Gasteiger partial charge in [0.25, 0.3) is 0 Å². The normalized spacial score (nSPS) is 9.42. The maximum absolute atomic E-state index is 8.56. The van der Waals surface area contributed by atoms with E-state index in [1.165, 1.54) is 0 Å². The number of hydrogen-bond acceptors (Lipinski definition) is 4. The van der Waals surface area contributed by atoms with Crippen LogP contribution in [0.4, 0.5) is 9.59 Å². The van der Waals surface area contributed by atoms with Crippen molar-refractivity contribution < 1.29 is 30.0 Å². The van der Waals surface area contributed by atoms with Gasteiger partial charge in [0.2, 0.25) is 0 Å². The molecule has 0 atom stereocenters. The van der Waals surface area contributed by atoms with Gasteiger partial charge in [-0.1, -0.05) is 48.5 Å². The van der Waals surface area contributed by atoms with Gasteiger partial charge in [0, 0.05) is 9.79 Å². The largest absolute Gasteiger partial charge is 0.503 e. The highest BCUT2D eigenvalue weighted by molar-refractivity contribution is 7.81. The summed E-state index contributed by atoms with van der Waals surface area (Å²) in [6.07, 6.45) is -3.67. The zero-order valence-corrected chi connectivity index (χ0v) is 13.9. The molecule has 0 aliphatic heterocycles. The summed E-state index contributed by atoms with van der Waals surface area (Å²) in [6.45, 7) is 0. The predicted octanol–water partition coefficient (Wildman–Crippen LogP) is 5.02. The van der Waals surface area contributed by atoms with Crippen LogP contribution in [0.15, 0.2) is 58.3 Å². The number of hydrogen-bond donors (Lipinski definition) is 6. The molecule has 3 rings (SSSR count). The Morgan fingerprint density at radius 1 is 0.583 bits per heavy atom. The monoisotopic (exact) mass is 366 g/mol. The van der Waals surface area contributed by atoms with Gasteiger partial charge in [0.15, 0.2) is 0 Å². The topological polar surface area (TPSA) is 115 Å². The minimum atomic E-state index is -1.83. The lowest BCUT2D eigenvalue weighted by molar-refractivity contribution is 0.135. The van der Waals surface area contributed by atoms with Gasteiger partial charge < -0.3 is 20.4 Å². The Hall–Kier alpha value is -2.58. The second-order valence-corrected chi connectivity index (χ2v) is 5.25. The molecule has 0 saturated carbocycles. The summed E-state index contributed by atoms with van der Waals surface area (Å²) < 4.78 is 0. The highest BCUT2D eigenvalue weighted by atomic mass is 32.1. The maximum atomic E-state index is 8.56. The first-order chi connectivity index (χ1) is 11.3. The quantitative estimate of drug-likeness (QED) is 0.246. The number of thiol groups is 2. The fourth-order valence-electron chi connectivity index (χ4n) is 2.08. The molecule has 0 spiro atoms. The van der Waals surface area contributed by atoms with Crippen LogP contribution in [0.5, 0.6) is 0 Å². The molecule has 0 heterocycles. The first kappa shape index (κ1) is 19.5. The highest BCUT2D eigenvalue weighted by Crippen LogP contribution is 2.36. The second-order valence-electron chi connectivity index (χ2n) is 4.35. The molecule has 0 aliphatic carbocycles. The Labute approximate surface area is 147 Å². The molecule has 3 aromatic carbocycles. The van der Waals surface area contributed by atoms with Crippen LogP contribution >= 0.6 is 25.3 Å². The third-order valence-corrected chi connectivity index (χ3v) is 3.84. The van der Waals surface area contributed by atoms with Gasteiger partial charge in [-0.15, -0.1) is 25.3 Å². The fraction of sp³-hybridized carbons (Fsp3) is 0. The van der Waals surface area contributed by atoms with E-state index in [4.69, 9.17) is 30.0 Å². The van der Waals surface area contributed by atoms with Gasteiger partial charge in [-0.3, -0.25) is 0 Å². The molecule has 6 nitrogen and oxygen atoms in total. The van der Waals surface area contributed by atoms with Gasteiger partial charge in [0.1, 0.15) is 0 Å². The third-order valence-electron chi connectivity index (χ3n) is 2.87. The first-order valence-electron chi connectivity index (χ1n) is 6.40. The molecule has 0 bridgehead atoms. The Bertz CT molecular complexity index is 742. The van der Waals surface area contributed by atoms with Crippen LogP contribution in [0.2, 0.25) is 0 Å². The molecule has 24 heavy (non-hydrogen) atoms. The maximum Gasteiger partial charge on any atom is 0.503 e. The Morgan fingerprint density at radius 2 is 0.750 bits per heavy atom. The zero-order chi connectivity index (χ0) is 18.3. The third kappa shape index (κ3) is 5.25. The van der Waals surface area contributed by atoms with E-state index in [-0.39, 0.29) is 0 Å². The molecule has 0 aromatic heterocycles. The van der Waals surface area contributed by atoms with Gasteiger partial charge in [0.05, 0.1) is 0 Å². The van der Waals surface area contributed by atoms with E-state index in [9.17, 15) is 0 Å². The molecule has 0 radical (unpaired) electrons. The average Bonchev–Trinajstić information content (AvgIpc) is 2.52. The lowest BCUT2D eigenvalue weighted by Crippen LogP contribution is -1.82. The summed E-state index contributed by atoms with van der Waals surface area (Å²) in [6, 6.07) is 16.5. The SMILES string of the molecule is O=C(O)O.O=C(O)O.Sc1c2ccccc2c(S)c2ccccc12. The van der Waals surface area contributed by atoms with Gasteiger partial charge in [-0.2, -0.15) is 0 Å². The van der Waals surface area contributed by atoms with Crippen molar-refractivity contribution in [2.45, 2.75) is 9.79 Å². The van der Waals surface area contributed by atoms with Crippen molar-refractivity contribution in [3.8, 4) is 0 Å². The number of benzene rings is 3. The molecule has 0 amide bonds. The number of fused-ring (bicyclic) bond motifs is 2. The molecule has 0 aliphatic rings. The molecular formula is C16H14O6S2. The van der Waals surface area contributed by atoms with Crippen LogP contribution in [0.3, 0.4) is 0 Å². The summed E-state index contributed by atoms with van der Waals surface area (Å²) >= 11 is 9.26.